The van der Waals surface area contributed by atoms with E-state index >= 15 is 0 Å². The molecule has 0 amide bonds. The molecule has 0 unspecified atom stereocenters. The van der Waals surface area contributed by atoms with Gasteiger partial charge in [0.25, 0.3) is 0 Å². The third-order valence-electron chi connectivity index (χ3n) is 1.42. The van der Waals surface area contributed by atoms with Crippen LogP contribution in [0.25, 0.3) is 6.08 Å². The summed E-state index contributed by atoms with van der Waals surface area (Å²) >= 11 is 5.26. The molecule has 0 saturated heterocycles. The summed E-state index contributed by atoms with van der Waals surface area (Å²) in [7, 11) is 0. The molecule has 1 N–H and O–H groups in total. The minimum Gasteiger partial charge on any atom is -0.392 e. The topological polar surface area (TPSA) is 20.2 Å². The zero-order valence-corrected chi connectivity index (χ0v) is 7.35. The molecule has 1 rings (SSSR count). The second-order valence-electron chi connectivity index (χ2n) is 2.38. The molecule has 1 nitrogen and oxygen atoms in total. The van der Waals surface area contributed by atoms with Gasteiger partial charge in [-0.2, -0.15) is 0 Å². The molecule has 0 fully saturated rings. The predicted molar refractivity (Wildman–Crippen MR) is 47.5 cm³/mol. The highest BCUT2D eigenvalue weighted by atomic mass is 35.5. The molecule has 1 aromatic carbocycles. The fourth-order valence-electron chi connectivity index (χ4n) is 0.860. The van der Waals surface area contributed by atoms with Gasteiger partial charge in [-0.1, -0.05) is 23.8 Å². The van der Waals surface area contributed by atoms with E-state index in [4.69, 9.17) is 16.7 Å². The van der Waals surface area contributed by atoms with Gasteiger partial charge in [0.15, 0.2) is 0 Å². The van der Waals surface area contributed by atoms with Gasteiger partial charge in [-0.15, -0.1) is 0 Å². The lowest BCUT2D eigenvalue weighted by molar-refractivity contribution is 0.343. The maximum absolute atomic E-state index is 12.8. The van der Waals surface area contributed by atoms with Crippen LogP contribution in [0.2, 0.25) is 5.02 Å². The van der Waals surface area contributed by atoms with Crippen molar-refractivity contribution in [3.8, 4) is 0 Å². The minimum absolute atomic E-state index is 0.175. The van der Waals surface area contributed by atoms with Crippen LogP contribution in [0.3, 0.4) is 0 Å². The van der Waals surface area contributed by atoms with Gasteiger partial charge in [0.05, 0.1) is 6.61 Å². The molecule has 0 atom stereocenters. The van der Waals surface area contributed by atoms with Crippen molar-refractivity contribution in [2.24, 2.45) is 0 Å². The first-order valence-electron chi connectivity index (χ1n) is 3.57. The molecule has 0 heterocycles. The highest BCUT2D eigenvalue weighted by Gasteiger charge is 2.06. The molecule has 0 bridgehead atoms. The van der Waals surface area contributed by atoms with Crippen molar-refractivity contribution in [3.05, 3.63) is 40.4 Å². The number of aliphatic hydroxyl groups excluding tert-OH is 1. The van der Waals surface area contributed by atoms with Gasteiger partial charge in [-0.05, 0) is 17.7 Å². The van der Waals surface area contributed by atoms with Crippen LogP contribution in [-0.2, 0) is 0 Å². The summed E-state index contributed by atoms with van der Waals surface area (Å²) in [6.45, 7) is -0.175. The zero-order chi connectivity index (χ0) is 9.84. The van der Waals surface area contributed by atoms with Crippen molar-refractivity contribution in [1.29, 1.82) is 0 Å². The van der Waals surface area contributed by atoms with Crippen molar-refractivity contribution in [1.82, 2.24) is 0 Å². The van der Waals surface area contributed by atoms with Gasteiger partial charge >= 0.3 is 0 Å². The summed E-state index contributed by atoms with van der Waals surface area (Å²) in [5.41, 5.74) is 0.327. The van der Waals surface area contributed by atoms with Crippen molar-refractivity contribution in [3.63, 3.8) is 0 Å². The first-order valence-corrected chi connectivity index (χ1v) is 3.95. The molecule has 0 aliphatic carbocycles. The van der Waals surface area contributed by atoms with Gasteiger partial charge in [0, 0.05) is 0 Å². The Morgan fingerprint density at radius 1 is 1.31 bits per heavy atom. The molecular weight excluding hydrogens is 198 g/mol. The summed E-state index contributed by atoms with van der Waals surface area (Å²) in [6.07, 6.45) is 2.78. The van der Waals surface area contributed by atoms with Crippen LogP contribution in [0.15, 0.2) is 18.2 Å². The smallest absolute Gasteiger partial charge is 0.145 e. The standard InChI is InChI=1S/C9H7ClF2O/c10-9-7(11)4-6(2-1-3-13)5-8(9)12/h1-2,4-5,13H,3H2. The van der Waals surface area contributed by atoms with E-state index in [-0.39, 0.29) is 6.61 Å². The summed E-state index contributed by atoms with van der Waals surface area (Å²) in [4.78, 5) is 0. The van der Waals surface area contributed by atoms with E-state index in [1.54, 1.807) is 0 Å². The monoisotopic (exact) mass is 204 g/mol. The normalized spacial score (nSPS) is 11.1. The summed E-state index contributed by atoms with van der Waals surface area (Å²) < 4.78 is 25.6. The Kier molecular flexibility index (Phi) is 3.39. The van der Waals surface area contributed by atoms with Crippen molar-refractivity contribution >= 4 is 17.7 Å². The minimum atomic E-state index is -0.806. The molecule has 0 saturated carbocycles. The molecule has 0 aliphatic rings. The average Bonchev–Trinajstić information content (AvgIpc) is 2.10. The predicted octanol–water partition coefficient (Wildman–Crippen LogP) is 2.62. The lowest BCUT2D eigenvalue weighted by Crippen LogP contribution is -1.85. The summed E-state index contributed by atoms with van der Waals surface area (Å²) in [5.74, 6) is -1.61. The van der Waals surface area contributed by atoms with E-state index in [9.17, 15) is 8.78 Å². The molecule has 4 heteroatoms. The molecule has 1 aromatic rings. The molecule has 0 aliphatic heterocycles. The molecule has 0 radical (unpaired) electrons. The Morgan fingerprint density at radius 3 is 2.31 bits per heavy atom. The first kappa shape index (κ1) is 10.2. The summed E-state index contributed by atoms with van der Waals surface area (Å²) in [5, 5.41) is 7.91. The fourth-order valence-corrected chi connectivity index (χ4v) is 0.969. The van der Waals surface area contributed by atoms with Crippen LogP contribution in [0.4, 0.5) is 8.78 Å². The molecule has 13 heavy (non-hydrogen) atoms. The highest BCUT2D eigenvalue weighted by Crippen LogP contribution is 2.20. The van der Waals surface area contributed by atoms with Gasteiger partial charge in [-0.3, -0.25) is 0 Å². The van der Waals surface area contributed by atoms with Crippen LogP contribution in [-0.4, -0.2) is 11.7 Å². The molecule has 0 aromatic heterocycles. The Balaban J connectivity index is 3.06. The lowest BCUT2D eigenvalue weighted by atomic mass is 10.2. The van der Waals surface area contributed by atoms with Gasteiger partial charge in [-0.25, -0.2) is 8.78 Å². The van der Waals surface area contributed by atoms with Gasteiger partial charge in [0.2, 0.25) is 0 Å². The Hall–Kier alpha value is -0.930. The van der Waals surface area contributed by atoms with Crippen molar-refractivity contribution in [2.45, 2.75) is 0 Å². The van der Waals surface area contributed by atoms with Crippen LogP contribution in [0, 0.1) is 11.6 Å². The highest BCUT2D eigenvalue weighted by molar-refractivity contribution is 6.30. The average molecular weight is 205 g/mol. The third-order valence-corrected chi connectivity index (χ3v) is 1.78. The maximum atomic E-state index is 12.8. The lowest BCUT2D eigenvalue weighted by Gasteiger charge is -1.98. The van der Waals surface area contributed by atoms with Crippen LogP contribution >= 0.6 is 11.6 Å². The van der Waals surface area contributed by atoms with Crippen molar-refractivity contribution < 1.29 is 13.9 Å². The van der Waals surface area contributed by atoms with E-state index in [2.05, 4.69) is 0 Å². The first-order chi connectivity index (χ1) is 6.15. The number of rotatable bonds is 2. The molecule has 70 valence electrons. The van der Waals surface area contributed by atoms with Crippen LogP contribution in [0.1, 0.15) is 5.56 Å². The van der Waals surface area contributed by atoms with E-state index in [0.29, 0.717) is 5.56 Å². The zero-order valence-electron chi connectivity index (χ0n) is 6.60. The number of aliphatic hydroxyl groups is 1. The van der Waals surface area contributed by atoms with E-state index < -0.39 is 16.7 Å². The number of halogens is 3. The van der Waals surface area contributed by atoms with Crippen molar-refractivity contribution in [2.75, 3.05) is 6.61 Å². The van der Waals surface area contributed by atoms with Crippen LogP contribution < -0.4 is 0 Å². The second-order valence-corrected chi connectivity index (χ2v) is 2.76. The van der Waals surface area contributed by atoms with E-state index in [0.717, 1.165) is 12.1 Å². The Morgan fingerprint density at radius 2 is 1.85 bits per heavy atom. The van der Waals surface area contributed by atoms with E-state index in [1.165, 1.54) is 12.2 Å². The SMILES string of the molecule is OCC=Cc1cc(F)c(Cl)c(F)c1. The molecule has 0 spiro atoms. The van der Waals surface area contributed by atoms with Crippen LogP contribution in [0.5, 0.6) is 0 Å². The number of hydrogen-bond acceptors (Lipinski definition) is 1. The Labute approximate surface area is 79.3 Å². The third kappa shape index (κ3) is 2.50. The summed E-state index contributed by atoms with van der Waals surface area (Å²) in [6, 6.07) is 2.19. The maximum Gasteiger partial charge on any atom is 0.145 e. The number of hydrogen-bond donors (Lipinski definition) is 1. The van der Waals surface area contributed by atoms with Gasteiger partial charge in [0.1, 0.15) is 16.7 Å². The quantitative estimate of drug-likeness (QED) is 0.735. The fraction of sp³-hybridized carbons (Fsp3) is 0.111. The molecular formula is C9H7ClF2O. The van der Waals surface area contributed by atoms with E-state index in [1.807, 2.05) is 0 Å². The number of benzene rings is 1. The Bertz CT molecular complexity index is 313. The second kappa shape index (κ2) is 4.35. The van der Waals surface area contributed by atoms with Gasteiger partial charge < -0.3 is 5.11 Å². The largest absolute Gasteiger partial charge is 0.392 e.